The summed E-state index contributed by atoms with van der Waals surface area (Å²) in [7, 11) is 1.00. The molecule has 112 valence electrons. The van der Waals surface area contributed by atoms with Crippen LogP contribution >= 0.6 is 0 Å². The van der Waals surface area contributed by atoms with Gasteiger partial charge in [0.2, 0.25) is 5.91 Å². The van der Waals surface area contributed by atoms with Crippen molar-refractivity contribution < 1.29 is 24.2 Å². The standard InChI is InChI=1S/C12H21NO4.CH4O/c1-4-17-12(16)9(2)8-10(3)13-11(15)6-5-7-14;1-2/h7,9-10H,4-6,8H2,1-3H3,(H,13,15);2H,1H3/t9?,10-;/m1./s1. The van der Waals surface area contributed by atoms with Gasteiger partial charge in [0.25, 0.3) is 0 Å². The van der Waals surface area contributed by atoms with E-state index in [1.54, 1.807) is 13.8 Å². The molecule has 0 saturated heterocycles. The van der Waals surface area contributed by atoms with Crippen LogP contribution in [0.4, 0.5) is 0 Å². The number of carbonyl (C=O) groups is 3. The molecule has 0 bridgehead atoms. The van der Waals surface area contributed by atoms with Gasteiger partial charge in [-0.1, -0.05) is 6.92 Å². The van der Waals surface area contributed by atoms with Crippen molar-refractivity contribution in [2.75, 3.05) is 13.7 Å². The number of esters is 1. The van der Waals surface area contributed by atoms with Crippen LogP contribution in [-0.4, -0.2) is 43.0 Å². The first-order chi connectivity index (χ1) is 9.01. The number of aliphatic hydroxyl groups excluding tert-OH is 1. The van der Waals surface area contributed by atoms with E-state index in [0.29, 0.717) is 19.3 Å². The maximum atomic E-state index is 11.4. The third-order valence-corrected chi connectivity index (χ3v) is 2.29. The molecule has 19 heavy (non-hydrogen) atoms. The van der Waals surface area contributed by atoms with Crippen LogP contribution in [0.1, 0.15) is 40.0 Å². The fourth-order valence-corrected chi connectivity index (χ4v) is 1.51. The lowest BCUT2D eigenvalue weighted by molar-refractivity contribution is -0.148. The summed E-state index contributed by atoms with van der Waals surface area (Å²) in [5.41, 5.74) is 0. The first-order valence-corrected chi connectivity index (χ1v) is 6.35. The van der Waals surface area contributed by atoms with E-state index < -0.39 is 0 Å². The Morgan fingerprint density at radius 3 is 2.37 bits per heavy atom. The van der Waals surface area contributed by atoms with E-state index in [4.69, 9.17) is 9.84 Å². The van der Waals surface area contributed by atoms with Crippen molar-refractivity contribution in [3.8, 4) is 0 Å². The fraction of sp³-hybridized carbons (Fsp3) is 0.769. The minimum atomic E-state index is -0.249. The molecule has 0 spiro atoms. The van der Waals surface area contributed by atoms with Crippen LogP contribution in [-0.2, 0) is 19.1 Å². The second kappa shape index (κ2) is 13.0. The zero-order chi connectivity index (χ0) is 15.3. The van der Waals surface area contributed by atoms with Crippen molar-refractivity contribution >= 4 is 18.2 Å². The molecule has 0 aliphatic rings. The van der Waals surface area contributed by atoms with Crippen molar-refractivity contribution in [1.82, 2.24) is 5.32 Å². The summed E-state index contributed by atoms with van der Waals surface area (Å²) in [6.07, 6.45) is 1.67. The molecule has 6 heteroatoms. The Hall–Kier alpha value is -1.43. The molecule has 0 aliphatic heterocycles. The summed E-state index contributed by atoms with van der Waals surface area (Å²) in [5.74, 6) is -0.654. The molecule has 2 atom stereocenters. The van der Waals surface area contributed by atoms with Crippen LogP contribution in [0, 0.1) is 5.92 Å². The normalized spacial score (nSPS) is 12.5. The molecule has 0 aromatic rings. The Kier molecular flexibility index (Phi) is 13.6. The van der Waals surface area contributed by atoms with Crippen molar-refractivity contribution in [2.45, 2.75) is 46.1 Å². The van der Waals surface area contributed by atoms with Crippen LogP contribution in [0.3, 0.4) is 0 Å². The minimum absolute atomic E-state index is 0.103. The smallest absolute Gasteiger partial charge is 0.308 e. The quantitative estimate of drug-likeness (QED) is 0.501. The largest absolute Gasteiger partial charge is 0.466 e. The van der Waals surface area contributed by atoms with E-state index in [-0.39, 0.29) is 36.7 Å². The Balaban J connectivity index is 0. The zero-order valence-corrected chi connectivity index (χ0v) is 12.1. The van der Waals surface area contributed by atoms with Gasteiger partial charge < -0.3 is 20.0 Å². The third kappa shape index (κ3) is 11.4. The van der Waals surface area contributed by atoms with E-state index >= 15 is 0 Å². The Labute approximate surface area is 114 Å². The second-order valence-electron chi connectivity index (χ2n) is 4.06. The van der Waals surface area contributed by atoms with E-state index in [0.717, 1.165) is 7.11 Å². The molecule has 0 saturated carbocycles. The predicted octanol–water partition coefficient (Wildman–Crippen LogP) is 0.668. The highest BCUT2D eigenvalue weighted by atomic mass is 16.5. The number of aldehydes is 1. The SMILES string of the molecule is CCOC(=O)C(C)C[C@@H](C)NC(=O)CCC=O.CO. The molecule has 0 radical (unpaired) electrons. The predicted molar refractivity (Wildman–Crippen MR) is 71.5 cm³/mol. The van der Waals surface area contributed by atoms with Gasteiger partial charge in [-0.05, 0) is 20.3 Å². The summed E-state index contributed by atoms with van der Waals surface area (Å²) < 4.78 is 4.88. The van der Waals surface area contributed by atoms with Crippen LogP contribution in [0.25, 0.3) is 0 Å². The van der Waals surface area contributed by atoms with Gasteiger partial charge in [0.05, 0.1) is 12.5 Å². The Morgan fingerprint density at radius 2 is 1.89 bits per heavy atom. The highest BCUT2D eigenvalue weighted by molar-refractivity contribution is 5.78. The van der Waals surface area contributed by atoms with Gasteiger partial charge >= 0.3 is 5.97 Å². The first kappa shape index (κ1) is 19.9. The van der Waals surface area contributed by atoms with Gasteiger partial charge in [0.15, 0.2) is 0 Å². The van der Waals surface area contributed by atoms with Crippen LogP contribution in [0.5, 0.6) is 0 Å². The second-order valence-corrected chi connectivity index (χ2v) is 4.06. The maximum Gasteiger partial charge on any atom is 0.308 e. The molecule has 2 N–H and O–H groups in total. The van der Waals surface area contributed by atoms with Gasteiger partial charge in [-0.25, -0.2) is 0 Å². The molecule has 6 nitrogen and oxygen atoms in total. The van der Waals surface area contributed by atoms with Gasteiger partial charge in [0, 0.05) is 26.0 Å². The van der Waals surface area contributed by atoms with Crippen molar-refractivity contribution in [1.29, 1.82) is 0 Å². The van der Waals surface area contributed by atoms with Crippen molar-refractivity contribution in [2.24, 2.45) is 5.92 Å². The molecular formula is C13H25NO5. The number of amides is 1. The highest BCUT2D eigenvalue weighted by Crippen LogP contribution is 2.08. The van der Waals surface area contributed by atoms with E-state index in [1.165, 1.54) is 0 Å². The van der Waals surface area contributed by atoms with E-state index in [2.05, 4.69) is 5.32 Å². The van der Waals surface area contributed by atoms with E-state index in [1.807, 2.05) is 6.92 Å². The molecule has 1 amide bonds. The summed E-state index contributed by atoms with van der Waals surface area (Å²) in [6.45, 7) is 5.72. The highest BCUT2D eigenvalue weighted by Gasteiger charge is 2.18. The van der Waals surface area contributed by atoms with Gasteiger partial charge in [-0.2, -0.15) is 0 Å². The number of hydrogen-bond acceptors (Lipinski definition) is 5. The first-order valence-electron chi connectivity index (χ1n) is 6.35. The topological polar surface area (TPSA) is 92.7 Å². The molecule has 0 fully saturated rings. The zero-order valence-electron chi connectivity index (χ0n) is 12.1. The maximum absolute atomic E-state index is 11.4. The molecule has 0 aromatic heterocycles. The number of ether oxygens (including phenoxy) is 1. The average Bonchev–Trinajstić information content (AvgIpc) is 2.38. The summed E-state index contributed by atoms with van der Waals surface area (Å²) in [4.78, 5) is 32.8. The molecule has 0 rings (SSSR count). The number of rotatable bonds is 8. The van der Waals surface area contributed by atoms with Gasteiger partial charge in [0.1, 0.15) is 6.29 Å². The summed E-state index contributed by atoms with van der Waals surface area (Å²) in [5, 5.41) is 9.74. The molecule has 0 aliphatic carbocycles. The molecule has 0 heterocycles. The Bertz CT molecular complexity index is 268. The van der Waals surface area contributed by atoms with Gasteiger partial charge in [-0.15, -0.1) is 0 Å². The fourth-order valence-electron chi connectivity index (χ4n) is 1.51. The number of aliphatic hydroxyl groups is 1. The van der Waals surface area contributed by atoms with Crippen LogP contribution in [0.2, 0.25) is 0 Å². The lowest BCUT2D eigenvalue weighted by Gasteiger charge is -2.17. The van der Waals surface area contributed by atoms with Crippen molar-refractivity contribution in [3.05, 3.63) is 0 Å². The summed E-state index contributed by atoms with van der Waals surface area (Å²) >= 11 is 0. The van der Waals surface area contributed by atoms with E-state index in [9.17, 15) is 14.4 Å². The monoisotopic (exact) mass is 275 g/mol. The lowest BCUT2D eigenvalue weighted by Crippen LogP contribution is -2.35. The lowest BCUT2D eigenvalue weighted by atomic mass is 10.0. The number of carbonyl (C=O) groups excluding carboxylic acids is 3. The Morgan fingerprint density at radius 1 is 1.32 bits per heavy atom. The average molecular weight is 275 g/mol. The summed E-state index contributed by atoms with van der Waals surface area (Å²) in [6, 6.07) is -0.103. The minimum Gasteiger partial charge on any atom is -0.466 e. The molecule has 1 unspecified atom stereocenters. The molecule has 0 aromatic carbocycles. The van der Waals surface area contributed by atoms with Crippen molar-refractivity contribution in [3.63, 3.8) is 0 Å². The van der Waals surface area contributed by atoms with Gasteiger partial charge in [-0.3, -0.25) is 9.59 Å². The number of hydrogen-bond donors (Lipinski definition) is 2. The molecular weight excluding hydrogens is 250 g/mol. The number of nitrogens with one attached hydrogen (secondary N) is 1. The van der Waals surface area contributed by atoms with Crippen LogP contribution in [0.15, 0.2) is 0 Å². The van der Waals surface area contributed by atoms with Crippen LogP contribution < -0.4 is 5.32 Å². The third-order valence-electron chi connectivity index (χ3n) is 2.29.